The summed E-state index contributed by atoms with van der Waals surface area (Å²) >= 11 is 0. The van der Waals surface area contributed by atoms with E-state index in [-0.39, 0.29) is 97.2 Å². The van der Waals surface area contributed by atoms with Gasteiger partial charge in [-0.2, -0.15) is 0 Å². The normalized spacial score (nSPS) is 19.2. The van der Waals surface area contributed by atoms with Crippen LogP contribution in [0.2, 0.25) is 0 Å². The number of aliphatic hydroxyl groups is 3. The van der Waals surface area contributed by atoms with Gasteiger partial charge in [0, 0.05) is 151 Å². The Hall–Kier alpha value is -1.53. The molecule has 2 fully saturated rings. The Morgan fingerprint density at radius 3 is 1.40 bits per heavy atom. The van der Waals surface area contributed by atoms with Crippen LogP contribution in [-0.2, 0) is 28.8 Å². The Kier molecular flexibility index (Phi) is 26.1. The first kappa shape index (κ1) is 48.5. The van der Waals surface area contributed by atoms with Crippen molar-refractivity contribution >= 4 is 29.6 Å². The minimum Gasteiger partial charge on any atom is -0.830 e. The fourth-order valence-electron chi connectivity index (χ4n) is 5.71. The largest absolute Gasteiger partial charge is 0.830 e. The SMILES string of the molecule is O=C(CCCCCNC(=O)CN1CCN(CC([O-])O)CCN(CC([O-])O)CCN(CC([O-])O)CC1)NCCCCCC(=O)ON1C(=O)CCC1=O.[Gd]. The summed E-state index contributed by atoms with van der Waals surface area (Å²) in [5, 5.41) is 69.1. The summed E-state index contributed by atoms with van der Waals surface area (Å²) in [6.07, 6.45) is -1.14. The molecule has 0 aromatic heterocycles. The molecule has 3 atom stereocenters. The maximum atomic E-state index is 12.8. The second kappa shape index (κ2) is 28.0. The van der Waals surface area contributed by atoms with Crippen molar-refractivity contribution < 1.29 is 99.4 Å². The predicted molar refractivity (Wildman–Crippen MR) is 174 cm³/mol. The zero-order valence-corrected chi connectivity index (χ0v) is 32.1. The number of nitrogens with one attached hydrogen (secondary N) is 2. The van der Waals surface area contributed by atoms with Crippen molar-refractivity contribution in [3.05, 3.63) is 0 Å². The van der Waals surface area contributed by atoms with E-state index in [1.54, 1.807) is 14.7 Å². The van der Waals surface area contributed by atoms with E-state index in [0.29, 0.717) is 109 Å². The number of hydrogen-bond acceptors (Lipinski definition) is 16. The van der Waals surface area contributed by atoms with Gasteiger partial charge in [0.2, 0.25) is 11.8 Å². The maximum Gasteiger partial charge on any atom is 0.333 e. The molecular formula is C32H56GdN7O12-3. The first-order valence-corrected chi connectivity index (χ1v) is 17.8. The van der Waals surface area contributed by atoms with E-state index in [1.807, 2.05) is 4.90 Å². The third kappa shape index (κ3) is 22.6. The molecule has 2 aliphatic heterocycles. The average molecular weight is 888 g/mol. The number of unbranched alkanes of at least 4 members (excludes halogenated alkanes) is 4. The predicted octanol–water partition coefficient (Wildman–Crippen LogP) is -5.80. The molecule has 3 unspecified atom stereocenters. The van der Waals surface area contributed by atoms with Crippen LogP contribution in [0, 0.1) is 39.9 Å². The maximum absolute atomic E-state index is 12.8. The van der Waals surface area contributed by atoms with Crippen molar-refractivity contribution in [2.75, 3.05) is 91.6 Å². The number of carbonyl (C=O) groups excluding carboxylic acids is 5. The number of β-amino-alcohol motifs (C(OH)–C–C–N with tert-alkyl or cyclic N) is 3. The third-order valence-electron chi connectivity index (χ3n) is 8.52. The standard InChI is InChI=1S/C32H56N7O12.Gd/c40-25(33-11-6-2-4-8-32(50)51-39-27(42)9-10-28(39)43)7-3-1-5-12-34-26(41)21-35-13-15-36(22-29(44)45)17-19-38(24-31(48)49)20-18-37(16-14-35)23-30(46)47;/h29-31,44,46,48H,1-24H2,(H,33,40)(H,34,41);/q-3;. The van der Waals surface area contributed by atoms with E-state index in [0.717, 1.165) is 6.42 Å². The van der Waals surface area contributed by atoms with Gasteiger partial charge < -0.3 is 46.1 Å². The summed E-state index contributed by atoms with van der Waals surface area (Å²) in [7, 11) is 0. The summed E-state index contributed by atoms with van der Waals surface area (Å²) in [6.45, 7) is 3.28. The summed E-state index contributed by atoms with van der Waals surface area (Å²) in [6, 6.07) is 0. The van der Waals surface area contributed by atoms with Crippen molar-refractivity contribution in [2.45, 2.75) is 83.1 Å². The molecule has 5 N–H and O–H groups in total. The van der Waals surface area contributed by atoms with Gasteiger partial charge in [0.15, 0.2) is 0 Å². The minimum atomic E-state index is -1.83. The van der Waals surface area contributed by atoms with Crippen molar-refractivity contribution in [2.24, 2.45) is 0 Å². The molecule has 2 rings (SSSR count). The summed E-state index contributed by atoms with van der Waals surface area (Å²) in [4.78, 5) is 71.6. The molecule has 2 saturated heterocycles. The van der Waals surface area contributed by atoms with Crippen molar-refractivity contribution in [1.29, 1.82) is 0 Å². The fourth-order valence-corrected chi connectivity index (χ4v) is 5.71. The topological polar surface area (TPSA) is 265 Å². The Labute approximate surface area is 337 Å². The summed E-state index contributed by atoms with van der Waals surface area (Å²) in [5.74, 6) is -1.98. The molecule has 20 heteroatoms. The molecule has 302 valence electrons. The number of carbonyl (C=O) groups is 5. The number of imide groups is 1. The smallest absolute Gasteiger partial charge is 0.333 e. The van der Waals surface area contributed by atoms with Crippen LogP contribution in [0.4, 0.5) is 0 Å². The van der Waals surface area contributed by atoms with Crippen molar-refractivity contribution in [3.8, 4) is 0 Å². The van der Waals surface area contributed by atoms with Gasteiger partial charge >= 0.3 is 5.97 Å². The van der Waals surface area contributed by atoms with Crippen molar-refractivity contribution in [1.82, 2.24) is 35.3 Å². The zero-order chi connectivity index (χ0) is 37.6. The van der Waals surface area contributed by atoms with Crippen LogP contribution >= 0.6 is 0 Å². The molecule has 0 aliphatic carbocycles. The van der Waals surface area contributed by atoms with Gasteiger partial charge in [-0.3, -0.25) is 38.8 Å². The van der Waals surface area contributed by atoms with Gasteiger partial charge in [-0.05, 0) is 44.6 Å². The van der Waals surface area contributed by atoms with E-state index in [1.165, 1.54) is 0 Å². The number of hydroxylamine groups is 2. The average Bonchev–Trinajstić information content (AvgIpc) is 3.36. The molecule has 2 heterocycles. The van der Waals surface area contributed by atoms with Gasteiger partial charge in [-0.25, -0.2) is 4.79 Å². The third-order valence-corrected chi connectivity index (χ3v) is 8.52. The van der Waals surface area contributed by atoms with Crippen molar-refractivity contribution in [3.63, 3.8) is 0 Å². The molecule has 2 aliphatic rings. The Morgan fingerprint density at radius 1 is 0.596 bits per heavy atom. The zero-order valence-electron chi connectivity index (χ0n) is 29.8. The van der Waals surface area contributed by atoms with Gasteiger partial charge in [0.25, 0.3) is 11.8 Å². The van der Waals surface area contributed by atoms with Crippen LogP contribution in [0.1, 0.15) is 64.2 Å². The molecule has 0 aromatic rings. The molecule has 0 bridgehead atoms. The Balaban J connectivity index is 0.0000135. The van der Waals surface area contributed by atoms with Gasteiger partial charge in [-0.1, -0.05) is 12.8 Å². The molecule has 0 saturated carbocycles. The van der Waals surface area contributed by atoms with Gasteiger partial charge in [-0.15, -0.1) is 5.06 Å². The van der Waals surface area contributed by atoms with E-state index >= 15 is 0 Å². The molecule has 0 radical (unpaired) electrons. The second-order valence-corrected chi connectivity index (χ2v) is 12.9. The number of amides is 4. The number of rotatable bonds is 21. The van der Waals surface area contributed by atoms with Crippen LogP contribution in [0.5, 0.6) is 0 Å². The molecular weight excluding hydrogens is 832 g/mol. The van der Waals surface area contributed by atoms with E-state index in [2.05, 4.69) is 10.6 Å². The van der Waals surface area contributed by atoms with E-state index in [4.69, 9.17) is 4.84 Å². The van der Waals surface area contributed by atoms with Crippen LogP contribution in [-0.4, -0.2) is 180 Å². The number of nitrogens with zero attached hydrogens (tertiary/aromatic N) is 5. The van der Waals surface area contributed by atoms with Gasteiger partial charge in [0.05, 0.1) is 6.54 Å². The van der Waals surface area contributed by atoms with E-state index < -0.39 is 36.7 Å². The monoisotopic (exact) mass is 888 g/mol. The number of hydrogen-bond donors (Lipinski definition) is 5. The quantitative estimate of drug-likeness (QED) is 0.0409. The molecule has 52 heavy (non-hydrogen) atoms. The summed E-state index contributed by atoms with van der Waals surface area (Å²) in [5.41, 5.74) is 0. The molecule has 4 amide bonds. The van der Waals surface area contributed by atoms with Crippen LogP contribution in [0.15, 0.2) is 0 Å². The Morgan fingerprint density at radius 2 is 0.981 bits per heavy atom. The summed E-state index contributed by atoms with van der Waals surface area (Å²) < 4.78 is 0. The number of aliphatic hydroxyl groups excluding tert-OH is 3. The van der Waals surface area contributed by atoms with Gasteiger partial charge in [0.1, 0.15) is 0 Å². The van der Waals surface area contributed by atoms with Crippen LogP contribution in [0.25, 0.3) is 0 Å². The molecule has 0 aromatic carbocycles. The Bertz CT molecular complexity index is 1030. The molecule has 19 nitrogen and oxygen atoms in total. The molecule has 0 spiro atoms. The first-order chi connectivity index (χ1) is 24.3. The van der Waals surface area contributed by atoms with Crippen LogP contribution < -0.4 is 26.0 Å². The minimum absolute atomic E-state index is 0. The fraction of sp³-hybridized carbons (Fsp3) is 0.844. The van der Waals surface area contributed by atoms with E-state index in [9.17, 15) is 54.6 Å². The second-order valence-electron chi connectivity index (χ2n) is 12.9. The van der Waals surface area contributed by atoms with Crippen LogP contribution in [0.3, 0.4) is 0 Å². The first-order valence-electron chi connectivity index (χ1n) is 17.8.